The van der Waals surface area contributed by atoms with Crippen LogP contribution in [0.15, 0.2) is 24.3 Å². The summed E-state index contributed by atoms with van der Waals surface area (Å²) in [6.07, 6.45) is -4.24. The summed E-state index contributed by atoms with van der Waals surface area (Å²) in [4.78, 5) is 0. The van der Waals surface area contributed by atoms with Crippen LogP contribution >= 0.6 is 0 Å². The second kappa shape index (κ2) is 4.25. The van der Waals surface area contributed by atoms with Gasteiger partial charge >= 0.3 is 6.18 Å². The molecule has 0 atom stereocenters. The van der Waals surface area contributed by atoms with Crippen LogP contribution in [0.2, 0.25) is 0 Å². The average molecular weight is 218 g/mol. The van der Waals surface area contributed by atoms with Crippen LogP contribution in [-0.4, -0.2) is 0 Å². The number of hydrogen-bond donors (Lipinski definition) is 0. The molecule has 15 heavy (non-hydrogen) atoms. The van der Waals surface area contributed by atoms with Crippen LogP contribution in [0, 0.1) is 0 Å². The van der Waals surface area contributed by atoms with Gasteiger partial charge < -0.3 is 0 Å². The van der Waals surface area contributed by atoms with Crippen LogP contribution in [0.25, 0.3) is 0 Å². The minimum atomic E-state index is -4.24. The molecule has 0 aliphatic heterocycles. The van der Waals surface area contributed by atoms with Crippen LogP contribution in [-0.2, 0) is 11.6 Å². The van der Waals surface area contributed by atoms with Crippen molar-refractivity contribution in [3.8, 4) is 0 Å². The van der Waals surface area contributed by atoms with E-state index in [4.69, 9.17) is 0 Å². The van der Waals surface area contributed by atoms with Crippen LogP contribution in [0.4, 0.5) is 13.2 Å². The Kier molecular flexibility index (Phi) is 3.97. The van der Waals surface area contributed by atoms with E-state index in [1.807, 2.05) is 20.8 Å². The molecule has 0 nitrogen and oxygen atoms in total. The molecular weight excluding hydrogens is 201 g/mol. The Balaban J connectivity index is 0.00000196. The van der Waals surface area contributed by atoms with Crippen molar-refractivity contribution in [3.63, 3.8) is 0 Å². The van der Waals surface area contributed by atoms with Crippen molar-refractivity contribution in [3.05, 3.63) is 35.4 Å². The molecule has 0 radical (unpaired) electrons. The molecule has 1 aromatic rings. The minimum Gasteiger partial charge on any atom is -0.166 e. The predicted molar refractivity (Wildman–Crippen MR) is 56.9 cm³/mol. The summed E-state index contributed by atoms with van der Waals surface area (Å²) in [5.41, 5.74) is 0.209. The van der Waals surface area contributed by atoms with E-state index in [1.54, 1.807) is 0 Å². The van der Waals surface area contributed by atoms with Crippen molar-refractivity contribution in [2.45, 2.75) is 39.8 Å². The standard InChI is InChI=1S/C11H13F3.CH4/c1-10(2,3)8-4-6-9(7-5-8)11(12,13)14;/h4-7H,1-3H3;1H4. The normalized spacial score (nSPS) is 12.1. The zero-order valence-electron chi connectivity index (χ0n) is 8.44. The molecule has 1 rings (SSSR count). The third-order valence-corrected chi connectivity index (χ3v) is 2.08. The lowest BCUT2D eigenvalue weighted by molar-refractivity contribution is -0.137. The van der Waals surface area contributed by atoms with Crippen molar-refractivity contribution in [2.75, 3.05) is 0 Å². The zero-order chi connectivity index (χ0) is 11.0. The lowest BCUT2D eigenvalue weighted by Gasteiger charge is -2.19. The largest absolute Gasteiger partial charge is 0.416 e. The third kappa shape index (κ3) is 3.57. The van der Waals surface area contributed by atoms with Gasteiger partial charge in [0.05, 0.1) is 5.56 Å². The molecule has 1 aromatic carbocycles. The first-order chi connectivity index (χ1) is 6.21. The van der Waals surface area contributed by atoms with Gasteiger partial charge in [-0.2, -0.15) is 13.2 Å². The molecule has 0 N–H and O–H groups in total. The Hall–Kier alpha value is -0.990. The molecule has 86 valence electrons. The van der Waals surface area contributed by atoms with E-state index in [0.29, 0.717) is 0 Å². The van der Waals surface area contributed by atoms with E-state index in [-0.39, 0.29) is 12.8 Å². The molecule has 0 saturated heterocycles. The summed E-state index contributed by atoms with van der Waals surface area (Å²) >= 11 is 0. The fourth-order valence-electron chi connectivity index (χ4n) is 1.16. The Morgan fingerprint density at radius 2 is 1.13 bits per heavy atom. The van der Waals surface area contributed by atoms with E-state index < -0.39 is 11.7 Å². The van der Waals surface area contributed by atoms with E-state index in [2.05, 4.69) is 0 Å². The molecule has 3 heteroatoms. The lowest BCUT2D eigenvalue weighted by Crippen LogP contribution is -2.12. The molecular formula is C12H17F3. The van der Waals surface area contributed by atoms with E-state index in [9.17, 15) is 13.2 Å². The lowest BCUT2D eigenvalue weighted by atomic mass is 9.87. The summed E-state index contributed by atoms with van der Waals surface area (Å²) in [6, 6.07) is 5.31. The highest BCUT2D eigenvalue weighted by atomic mass is 19.4. The summed E-state index contributed by atoms with van der Waals surface area (Å²) < 4.78 is 36.6. The molecule has 0 bridgehead atoms. The molecule has 0 aliphatic rings. The van der Waals surface area contributed by atoms with Crippen molar-refractivity contribution in [1.29, 1.82) is 0 Å². The highest BCUT2D eigenvalue weighted by Crippen LogP contribution is 2.31. The maximum Gasteiger partial charge on any atom is 0.416 e. The van der Waals surface area contributed by atoms with Gasteiger partial charge in [0.2, 0.25) is 0 Å². The van der Waals surface area contributed by atoms with Crippen molar-refractivity contribution >= 4 is 0 Å². The van der Waals surface area contributed by atoms with Gasteiger partial charge in [-0.3, -0.25) is 0 Å². The fraction of sp³-hybridized carbons (Fsp3) is 0.500. The van der Waals surface area contributed by atoms with Gasteiger partial charge in [-0.25, -0.2) is 0 Å². The Morgan fingerprint density at radius 1 is 0.800 bits per heavy atom. The van der Waals surface area contributed by atoms with Crippen LogP contribution in [0.3, 0.4) is 0 Å². The minimum absolute atomic E-state index is 0. The van der Waals surface area contributed by atoms with Gasteiger partial charge in [-0.15, -0.1) is 0 Å². The monoisotopic (exact) mass is 218 g/mol. The molecule has 0 spiro atoms. The summed E-state index contributed by atoms with van der Waals surface area (Å²) in [5, 5.41) is 0. The van der Waals surface area contributed by atoms with Gasteiger partial charge in [0.1, 0.15) is 0 Å². The smallest absolute Gasteiger partial charge is 0.166 e. The van der Waals surface area contributed by atoms with Gasteiger partial charge in [-0.1, -0.05) is 40.3 Å². The number of rotatable bonds is 0. The van der Waals surface area contributed by atoms with E-state index >= 15 is 0 Å². The maximum absolute atomic E-state index is 12.2. The first kappa shape index (κ1) is 14.0. The third-order valence-electron chi connectivity index (χ3n) is 2.08. The topological polar surface area (TPSA) is 0 Å². The Bertz CT molecular complexity index is 268. The Morgan fingerprint density at radius 3 is 1.40 bits per heavy atom. The van der Waals surface area contributed by atoms with Gasteiger partial charge in [-0.05, 0) is 23.1 Å². The van der Waals surface area contributed by atoms with Crippen LogP contribution in [0.1, 0.15) is 39.3 Å². The SMILES string of the molecule is C.CC(C)(C)c1ccc(C(F)(F)F)cc1. The fourth-order valence-corrected chi connectivity index (χ4v) is 1.16. The molecule has 0 aliphatic carbocycles. The van der Waals surface area contributed by atoms with Crippen molar-refractivity contribution in [2.24, 2.45) is 0 Å². The molecule has 0 saturated carbocycles. The van der Waals surface area contributed by atoms with Crippen LogP contribution < -0.4 is 0 Å². The van der Waals surface area contributed by atoms with Crippen molar-refractivity contribution in [1.82, 2.24) is 0 Å². The second-order valence-corrected chi connectivity index (χ2v) is 4.33. The Labute approximate surface area is 89.1 Å². The molecule has 0 aromatic heterocycles. The van der Waals surface area contributed by atoms with E-state index in [0.717, 1.165) is 17.7 Å². The number of benzene rings is 1. The maximum atomic E-state index is 12.2. The number of halogens is 3. The summed E-state index contributed by atoms with van der Waals surface area (Å²) in [5.74, 6) is 0. The number of alkyl halides is 3. The first-order valence-corrected chi connectivity index (χ1v) is 4.39. The highest BCUT2D eigenvalue weighted by Gasteiger charge is 2.30. The molecule has 0 amide bonds. The molecule has 0 fully saturated rings. The predicted octanol–water partition coefficient (Wildman–Crippen LogP) is 4.64. The summed E-state index contributed by atoms with van der Waals surface area (Å²) in [6.45, 7) is 5.90. The average Bonchev–Trinajstić information content (AvgIpc) is 2.01. The quantitative estimate of drug-likeness (QED) is 0.595. The zero-order valence-corrected chi connectivity index (χ0v) is 8.44. The van der Waals surface area contributed by atoms with Gasteiger partial charge in [0.15, 0.2) is 0 Å². The van der Waals surface area contributed by atoms with Crippen LogP contribution in [0.5, 0.6) is 0 Å². The van der Waals surface area contributed by atoms with Gasteiger partial charge in [0.25, 0.3) is 0 Å². The van der Waals surface area contributed by atoms with Gasteiger partial charge in [0, 0.05) is 0 Å². The summed E-state index contributed by atoms with van der Waals surface area (Å²) in [7, 11) is 0. The molecule has 0 unspecified atom stereocenters. The van der Waals surface area contributed by atoms with Crippen molar-refractivity contribution < 1.29 is 13.2 Å². The number of hydrogen-bond acceptors (Lipinski definition) is 0. The second-order valence-electron chi connectivity index (χ2n) is 4.33. The first-order valence-electron chi connectivity index (χ1n) is 4.39. The molecule has 0 heterocycles. The highest BCUT2D eigenvalue weighted by molar-refractivity contribution is 5.28. The van der Waals surface area contributed by atoms with E-state index in [1.165, 1.54) is 12.1 Å².